The van der Waals surface area contributed by atoms with Crippen LogP contribution in [0.5, 0.6) is 0 Å². The van der Waals surface area contributed by atoms with Crippen molar-refractivity contribution in [1.29, 1.82) is 0 Å². The Morgan fingerprint density at radius 1 is 1.11 bits per heavy atom. The van der Waals surface area contributed by atoms with Crippen molar-refractivity contribution in [2.24, 2.45) is 5.41 Å². The van der Waals surface area contributed by atoms with Crippen molar-refractivity contribution in [2.45, 2.75) is 63.0 Å². The molecule has 1 aromatic carbocycles. The van der Waals surface area contributed by atoms with E-state index in [1.807, 2.05) is 0 Å². The highest BCUT2D eigenvalue weighted by Crippen LogP contribution is 2.50. The van der Waals surface area contributed by atoms with Gasteiger partial charge in [-0.15, -0.1) is 0 Å². The normalized spacial score (nSPS) is 28.8. The fourth-order valence-corrected chi connectivity index (χ4v) is 4.73. The van der Waals surface area contributed by atoms with Gasteiger partial charge in [-0.3, -0.25) is 4.98 Å². The van der Waals surface area contributed by atoms with Crippen LogP contribution in [0.25, 0.3) is 0 Å². The number of nitrogens with zero attached hydrogens (tertiary/aromatic N) is 2. The van der Waals surface area contributed by atoms with Gasteiger partial charge in [0.1, 0.15) is 29.2 Å². The molecule has 0 unspecified atom stereocenters. The van der Waals surface area contributed by atoms with Gasteiger partial charge in [0.25, 0.3) is 0 Å². The highest BCUT2D eigenvalue weighted by Gasteiger charge is 2.68. The summed E-state index contributed by atoms with van der Waals surface area (Å²) in [5.74, 6) is -0.308. The van der Waals surface area contributed by atoms with Crippen LogP contribution in [0.3, 0.4) is 0 Å². The number of aliphatic hydroxyl groups excluding tert-OH is 2. The smallest absolute Gasteiger partial charge is 0.393 e. The lowest BCUT2D eigenvalue weighted by Gasteiger charge is -2.61. The minimum absolute atomic E-state index is 0.00308. The predicted molar refractivity (Wildman–Crippen MR) is 128 cm³/mol. The number of methoxy groups -OCH3 is 1. The van der Waals surface area contributed by atoms with Crippen molar-refractivity contribution in [1.82, 2.24) is 9.97 Å². The van der Waals surface area contributed by atoms with Crippen molar-refractivity contribution < 1.29 is 42.7 Å². The highest BCUT2D eigenvalue weighted by atomic mass is 19.4. The van der Waals surface area contributed by atoms with E-state index in [-0.39, 0.29) is 25.5 Å². The summed E-state index contributed by atoms with van der Waals surface area (Å²) in [5.41, 5.74) is -5.39. The van der Waals surface area contributed by atoms with Crippen LogP contribution in [0.15, 0.2) is 42.7 Å². The average molecular weight is 530 g/mol. The molecule has 1 aliphatic heterocycles. The summed E-state index contributed by atoms with van der Waals surface area (Å²) in [5, 5.41) is 37.3. The zero-order chi connectivity index (χ0) is 27.5. The zero-order valence-electron chi connectivity index (χ0n) is 21.2. The fourth-order valence-electron chi connectivity index (χ4n) is 4.73. The summed E-state index contributed by atoms with van der Waals surface area (Å²) >= 11 is 0. The first kappa shape index (κ1) is 29.2. The number of aliphatic hydroxyl groups is 3. The summed E-state index contributed by atoms with van der Waals surface area (Å²) in [6.07, 6.45) is -6.26. The molecular weight excluding hydrogens is 495 g/mol. The Balaban J connectivity index is 2.10. The Morgan fingerprint density at radius 2 is 1.78 bits per heavy atom. The lowest BCUT2D eigenvalue weighted by Crippen LogP contribution is -2.79. The third-order valence-corrected chi connectivity index (χ3v) is 6.70. The van der Waals surface area contributed by atoms with E-state index < -0.39 is 53.5 Å². The topological polar surface area (TPSA) is 126 Å². The van der Waals surface area contributed by atoms with Crippen LogP contribution in [0.4, 0.5) is 19.0 Å². The molecule has 0 spiro atoms. The maximum atomic E-state index is 13.2. The van der Waals surface area contributed by atoms with E-state index in [2.05, 4.69) is 15.3 Å². The second-order valence-corrected chi connectivity index (χ2v) is 10.1. The Hall–Kier alpha value is -2.35. The van der Waals surface area contributed by atoms with Crippen LogP contribution in [0.2, 0.25) is 0 Å². The maximum absolute atomic E-state index is 13.2. The molecule has 37 heavy (non-hydrogen) atoms. The van der Waals surface area contributed by atoms with Crippen LogP contribution in [-0.4, -0.2) is 81.9 Å². The monoisotopic (exact) mass is 529 g/mol. The molecule has 0 saturated carbocycles. The van der Waals surface area contributed by atoms with Crippen molar-refractivity contribution in [2.75, 3.05) is 32.2 Å². The molecule has 0 bridgehead atoms. The summed E-state index contributed by atoms with van der Waals surface area (Å²) in [7, 11) is 1.46. The molecule has 0 aliphatic carbocycles. The predicted octanol–water partition coefficient (Wildman–Crippen LogP) is 2.41. The molecule has 1 fully saturated rings. The van der Waals surface area contributed by atoms with E-state index in [4.69, 9.17) is 14.2 Å². The quantitative estimate of drug-likeness (QED) is 0.362. The fraction of sp³-hybridized carbons (Fsp3) is 0.600. The van der Waals surface area contributed by atoms with E-state index in [1.165, 1.54) is 7.11 Å². The lowest BCUT2D eigenvalue weighted by molar-refractivity contribution is -0.368. The largest absolute Gasteiger partial charge is 0.434 e. The number of hydrogen-bond acceptors (Lipinski definition) is 9. The molecule has 3 rings (SSSR count). The first-order chi connectivity index (χ1) is 17.3. The van der Waals surface area contributed by atoms with Crippen LogP contribution >= 0.6 is 0 Å². The van der Waals surface area contributed by atoms with E-state index in [1.54, 1.807) is 51.1 Å². The zero-order valence-corrected chi connectivity index (χ0v) is 21.2. The number of ether oxygens (including phenoxy) is 3. The van der Waals surface area contributed by atoms with E-state index in [0.717, 1.165) is 6.20 Å². The maximum Gasteiger partial charge on any atom is 0.434 e. The third-order valence-electron chi connectivity index (χ3n) is 6.70. The summed E-state index contributed by atoms with van der Waals surface area (Å²) < 4.78 is 56.9. The number of aromatic nitrogens is 2. The van der Waals surface area contributed by atoms with Gasteiger partial charge < -0.3 is 34.8 Å². The van der Waals surface area contributed by atoms with E-state index in [9.17, 15) is 28.5 Å². The molecular formula is C25H34F3N3O6. The van der Waals surface area contributed by atoms with Gasteiger partial charge >= 0.3 is 6.18 Å². The van der Waals surface area contributed by atoms with Gasteiger partial charge in [-0.25, -0.2) is 4.98 Å². The molecule has 1 saturated heterocycles. The number of rotatable bonds is 9. The molecule has 2 aromatic rings. The van der Waals surface area contributed by atoms with Crippen molar-refractivity contribution in [3.63, 3.8) is 0 Å². The molecule has 206 valence electrons. The molecule has 0 amide bonds. The minimum Gasteiger partial charge on any atom is -0.393 e. The molecule has 0 radical (unpaired) electrons. The van der Waals surface area contributed by atoms with E-state index in [0.29, 0.717) is 11.8 Å². The standard InChI is InChI=1S/C25H34F3N3O6/c1-22(2,3)24(15-32)23(34,12-16-8-6-5-7-9-16)20(33)19(21(37-24)36-11-10-35-4)31-18-14-29-13-17(30-18)25(26,27)28/h5-9,13-14,19-21,32-34H,10-12,15H2,1-4H3,(H,30,31)/t19-,20-,21-,23-,24+/m1/s1. The molecule has 1 aromatic heterocycles. The van der Waals surface area contributed by atoms with Gasteiger partial charge in [-0.2, -0.15) is 13.2 Å². The number of benzene rings is 1. The van der Waals surface area contributed by atoms with Gasteiger partial charge in [-0.05, 0) is 11.0 Å². The van der Waals surface area contributed by atoms with E-state index >= 15 is 0 Å². The van der Waals surface area contributed by atoms with Crippen LogP contribution in [-0.2, 0) is 26.8 Å². The van der Waals surface area contributed by atoms with Crippen molar-refractivity contribution >= 4 is 5.82 Å². The molecule has 4 N–H and O–H groups in total. The number of hydrogen-bond donors (Lipinski definition) is 4. The molecule has 1 aliphatic rings. The second-order valence-electron chi connectivity index (χ2n) is 10.1. The Kier molecular flexibility index (Phi) is 8.82. The van der Waals surface area contributed by atoms with Crippen molar-refractivity contribution in [3.8, 4) is 0 Å². The number of nitrogens with one attached hydrogen (secondary N) is 1. The van der Waals surface area contributed by atoms with Gasteiger partial charge in [0.2, 0.25) is 0 Å². The van der Waals surface area contributed by atoms with Gasteiger partial charge in [0.05, 0.1) is 32.2 Å². The van der Waals surface area contributed by atoms with Gasteiger partial charge in [0.15, 0.2) is 12.0 Å². The van der Waals surface area contributed by atoms with Crippen LogP contribution in [0, 0.1) is 5.41 Å². The van der Waals surface area contributed by atoms with Crippen LogP contribution in [0.1, 0.15) is 32.0 Å². The number of halogens is 3. The van der Waals surface area contributed by atoms with Crippen molar-refractivity contribution in [3.05, 3.63) is 54.0 Å². The molecule has 5 atom stereocenters. The Morgan fingerprint density at radius 3 is 2.35 bits per heavy atom. The number of alkyl halides is 3. The highest BCUT2D eigenvalue weighted by molar-refractivity contribution is 5.37. The first-order valence-corrected chi connectivity index (χ1v) is 11.8. The third kappa shape index (κ3) is 5.89. The summed E-state index contributed by atoms with van der Waals surface area (Å²) in [6.45, 7) is 4.70. The summed E-state index contributed by atoms with van der Waals surface area (Å²) in [6, 6.07) is 7.51. The Bertz CT molecular complexity index is 1020. The summed E-state index contributed by atoms with van der Waals surface area (Å²) in [4.78, 5) is 7.16. The van der Waals surface area contributed by atoms with Gasteiger partial charge in [-0.1, -0.05) is 51.1 Å². The van der Waals surface area contributed by atoms with Gasteiger partial charge in [0, 0.05) is 13.5 Å². The molecule has 9 nitrogen and oxygen atoms in total. The second kappa shape index (κ2) is 11.2. The molecule has 2 heterocycles. The number of anilines is 1. The molecule has 12 heteroatoms. The Labute approximate surface area is 213 Å². The van der Waals surface area contributed by atoms with Crippen LogP contribution < -0.4 is 5.32 Å². The average Bonchev–Trinajstić information content (AvgIpc) is 2.83. The SMILES string of the molecule is COCCO[C@@H]1O[C@@](CO)(C(C)(C)C)[C@@](O)(Cc2ccccc2)[C@H](O)[C@H]1Nc1cncc(C(F)(F)F)n1. The lowest BCUT2D eigenvalue weighted by atomic mass is 9.60. The minimum atomic E-state index is -4.74. The first-order valence-electron chi connectivity index (χ1n) is 11.8.